The molecule has 7 nitrogen and oxygen atoms in total. The summed E-state index contributed by atoms with van der Waals surface area (Å²) < 4.78 is 4.66. The van der Waals surface area contributed by atoms with E-state index in [0.29, 0.717) is 17.2 Å². The van der Waals surface area contributed by atoms with E-state index in [2.05, 4.69) is 37.5 Å². The molecule has 0 fully saturated rings. The number of aromatic nitrogens is 2. The second-order valence-electron chi connectivity index (χ2n) is 6.69. The third kappa shape index (κ3) is 4.76. The van der Waals surface area contributed by atoms with Crippen LogP contribution in [0.4, 0.5) is 17.3 Å². The van der Waals surface area contributed by atoms with Crippen molar-refractivity contribution in [2.75, 3.05) is 17.7 Å². The molecule has 0 atom stereocenters. The number of carbonyl (C=O) groups excluding carboxylic acids is 2. The van der Waals surface area contributed by atoms with E-state index in [4.69, 9.17) is 0 Å². The van der Waals surface area contributed by atoms with Crippen LogP contribution in [-0.4, -0.2) is 29.0 Å². The van der Waals surface area contributed by atoms with Crippen molar-refractivity contribution in [3.8, 4) is 0 Å². The highest BCUT2D eigenvalue weighted by molar-refractivity contribution is 6.03. The second kappa shape index (κ2) is 8.52. The van der Waals surface area contributed by atoms with E-state index in [1.165, 1.54) is 24.9 Å². The number of hydrogen-bond acceptors (Lipinski definition) is 6. The fourth-order valence-corrected chi connectivity index (χ4v) is 3.04. The van der Waals surface area contributed by atoms with Gasteiger partial charge < -0.3 is 15.4 Å². The van der Waals surface area contributed by atoms with Crippen LogP contribution in [0.3, 0.4) is 0 Å². The maximum Gasteiger partial charge on any atom is 0.337 e. The van der Waals surface area contributed by atoms with Crippen LogP contribution in [0, 0.1) is 20.8 Å². The smallest absolute Gasteiger partial charge is 0.337 e. The number of methoxy groups -OCH3 is 1. The van der Waals surface area contributed by atoms with Crippen LogP contribution >= 0.6 is 0 Å². The zero-order valence-electron chi connectivity index (χ0n) is 16.7. The van der Waals surface area contributed by atoms with E-state index >= 15 is 0 Å². The zero-order chi connectivity index (χ0) is 21.0. The number of esters is 1. The summed E-state index contributed by atoms with van der Waals surface area (Å²) in [5.41, 5.74) is 5.42. The molecule has 1 heterocycles. The minimum Gasteiger partial charge on any atom is -0.465 e. The Bertz CT molecular complexity index is 1040. The number of nitrogens with zero attached hydrogens (tertiary/aromatic N) is 2. The Balaban J connectivity index is 1.75. The molecule has 0 unspecified atom stereocenters. The van der Waals surface area contributed by atoms with Gasteiger partial charge in [0.15, 0.2) is 0 Å². The molecule has 2 N–H and O–H groups in total. The Labute approximate surface area is 169 Å². The molecule has 0 bridgehead atoms. The maximum absolute atomic E-state index is 12.6. The van der Waals surface area contributed by atoms with Gasteiger partial charge in [0.05, 0.1) is 12.7 Å². The fraction of sp³-hybridized carbons (Fsp3) is 0.182. The minimum absolute atomic E-state index is 0.224. The van der Waals surface area contributed by atoms with Crippen molar-refractivity contribution in [1.29, 1.82) is 0 Å². The number of benzene rings is 2. The molecule has 0 saturated heterocycles. The lowest BCUT2D eigenvalue weighted by Crippen LogP contribution is -2.15. The van der Waals surface area contributed by atoms with Crippen molar-refractivity contribution in [2.45, 2.75) is 20.8 Å². The highest BCUT2D eigenvalue weighted by Gasteiger charge is 2.12. The van der Waals surface area contributed by atoms with Crippen LogP contribution in [0.15, 0.2) is 48.7 Å². The van der Waals surface area contributed by atoms with Crippen LogP contribution in [0.25, 0.3) is 0 Å². The van der Waals surface area contributed by atoms with Gasteiger partial charge >= 0.3 is 5.97 Å². The lowest BCUT2D eigenvalue weighted by Gasteiger charge is -2.13. The van der Waals surface area contributed by atoms with Gasteiger partial charge in [-0.1, -0.05) is 17.7 Å². The van der Waals surface area contributed by atoms with E-state index in [1.54, 1.807) is 24.3 Å². The van der Waals surface area contributed by atoms with Crippen LogP contribution < -0.4 is 10.6 Å². The van der Waals surface area contributed by atoms with E-state index in [1.807, 2.05) is 20.8 Å². The van der Waals surface area contributed by atoms with Gasteiger partial charge in [-0.15, -0.1) is 0 Å². The van der Waals surface area contributed by atoms with Gasteiger partial charge in [0, 0.05) is 17.6 Å². The van der Waals surface area contributed by atoms with E-state index in [0.717, 1.165) is 16.8 Å². The van der Waals surface area contributed by atoms with Gasteiger partial charge in [0.25, 0.3) is 5.91 Å². The first-order valence-corrected chi connectivity index (χ1v) is 9.05. The standard InChI is InChI=1S/C22H22N4O3/c1-13-11-14(2)19(15(3)12-13)26-22-23-10-9-18(25-22)20(27)24-17-7-5-16(6-8-17)21(28)29-4/h5-12H,1-4H3,(H,24,27)(H,23,25,26). The molecule has 0 spiro atoms. The predicted molar refractivity (Wildman–Crippen MR) is 112 cm³/mol. The highest BCUT2D eigenvalue weighted by Crippen LogP contribution is 2.24. The molecule has 29 heavy (non-hydrogen) atoms. The first kappa shape index (κ1) is 20.0. The number of ether oxygens (including phenoxy) is 1. The second-order valence-corrected chi connectivity index (χ2v) is 6.69. The largest absolute Gasteiger partial charge is 0.465 e. The first-order valence-electron chi connectivity index (χ1n) is 9.05. The number of carbonyl (C=O) groups is 2. The molecule has 0 saturated carbocycles. The third-order valence-corrected chi connectivity index (χ3v) is 4.37. The summed E-state index contributed by atoms with van der Waals surface area (Å²) in [6.45, 7) is 6.07. The van der Waals surface area contributed by atoms with Crippen LogP contribution in [0.2, 0.25) is 0 Å². The Morgan fingerprint density at radius 2 is 1.62 bits per heavy atom. The molecular weight excluding hydrogens is 368 g/mol. The molecule has 0 aliphatic heterocycles. The predicted octanol–water partition coefficient (Wildman–Crippen LogP) is 4.18. The topological polar surface area (TPSA) is 93.2 Å². The molecule has 1 aromatic heterocycles. The zero-order valence-corrected chi connectivity index (χ0v) is 16.7. The molecule has 0 radical (unpaired) electrons. The van der Waals surface area contributed by atoms with Gasteiger partial charge in [0.1, 0.15) is 5.69 Å². The summed E-state index contributed by atoms with van der Waals surface area (Å²) in [6, 6.07) is 12.1. The normalized spacial score (nSPS) is 10.3. The Morgan fingerprint density at radius 1 is 0.966 bits per heavy atom. The van der Waals surface area contributed by atoms with Crippen molar-refractivity contribution in [3.63, 3.8) is 0 Å². The van der Waals surface area contributed by atoms with Crippen LogP contribution in [-0.2, 0) is 4.74 Å². The number of aryl methyl sites for hydroxylation is 3. The number of rotatable bonds is 5. The summed E-state index contributed by atoms with van der Waals surface area (Å²) in [5, 5.41) is 5.95. The molecular formula is C22H22N4O3. The van der Waals surface area contributed by atoms with Gasteiger partial charge in [-0.3, -0.25) is 4.79 Å². The van der Waals surface area contributed by atoms with Crippen LogP contribution in [0.5, 0.6) is 0 Å². The van der Waals surface area contributed by atoms with Crippen molar-refractivity contribution in [1.82, 2.24) is 9.97 Å². The highest BCUT2D eigenvalue weighted by atomic mass is 16.5. The fourth-order valence-electron chi connectivity index (χ4n) is 3.04. The summed E-state index contributed by atoms with van der Waals surface area (Å²) in [4.78, 5) is 32.6. The Kier molecular flexibility index (Phi) is 5.87. The first-order chi connectivity index (χ1) is 13.9. The molecule has 0 aliphatic carbocycles. The van der Waals surface area contributed by atoms with Gasteiger partial charge in [-0.25, -0.2) is 14.8 Å². The Morgan fingerprint density at radius 3 is 2.24 bits per heavy atom. The number of nitrogens with one attached hydrogen (secondary N) is 2. The van der Waals surface area contributed by atoms with Crippen molar-refractivity contribution in [3.05, 3.63) is 76.6 Å². The van der Waals surface area contributed by atoms with Crippen LogP contribution in [0.1, 0.15) is 37.5 Å². The molecule has 3 aromatic rings. The molecule has 0 aliphatic rings. The van der Waals surface area contributed by atoms with Gasteiger partial charge in [-0.2, -0.15) is 0 Å². The Hall–Kier alpha value is -3.74. The maximum atomic E-state index is 12.6. The molecule has 148 valence electrons. The lowest BCUT2D eigenvalue weighted by atomic mass is 10.1. The SMILES string of the molecule is COC(=O)c1ccc(NC(=O)c2ccnc(Nc3c(C)cc(C)cc3C)n2)cc1. The van der Waals surface area contributed by atoms with Gasteiger partial charge in [-0.05, 0) is 62.2 Å². The molecule has 7 heteroatoms. The minimum atomic E-state index is -0.434. The third-order valence-electron chi connectivity index (χ3n) is 4.37. The van der Waals surface area contributed by atoms with E-state index in [-0.39, 0.29) is 11.6 Å². The summed E-state index contributed by atoms with van der Waals surface area (Å²) in [5.74, 6) is -0.469. The average Bonchev–Trinajstić information content (AvgIpc) is 2.71. The summed E-state index contributed by atoms with van der Waals surface area (Å²) >= 11 is 0. The molecule has 3 rings (SSSR count). The van der Waals surface area contributed by atoms with Gasteiger partial charge in [0.2, 0.25) is 5.95 Å². The molecule has 2 aromatic carbocycles. The van der Waals surface area contributed by atoms with Crippen molar-refractivity contribution in [2.24, 2.45) is 0 Å². The quantitative estimate of drug-likeness (QED) is 0.635. The average molecular weight is 390 g/mol. The van der Waals surface area contributed by atoms with E-state index in [9.17, 15) is 9.59 Å². The monoisotopic (exact) mass is 390 g/mol. The van der Waals surface area contributed by atoms with E-state index < -0.39 is 5.97 Å². The summed E-state index contributed by atoms with van der Waals surface area (Å²) in [7, 11) is 1.32. The number of anilines is 3. The molecule has 1 amide bonds. The number of hydrogen-bond donors (Lipinski definition) is 2. The summed E-state index contributed by atoms with van der Waals surface area (Å²) in [6.07, 6.45) is 1.53. The van der Waals surface area contributed by atoms with Crippen molar-refractivity contribution < 1.29 is 14.3 Å². The lowest BCUT2D eigenvalue weighted by molar-refractivity contribution is 0.0600. The number of amides is 1. The van der Waals surface area contributed by atoms with Crippen molar-refractivity contribution >= 4 is 29.2 Å².